The van der Waals surface area contributed by atoms with Gasteiger partial charge in [-0.25, -0.2) is 24.3 Å². The topological polar surface area (TPSA) is 116 Å². The van der Waals surface area contributed by atoms with Crippen LogP contribution in [-0.4, -0.2) is 60.5 Å². The van der Waals surface area contributed by atoms with E-state index in [0.717, 1.165) is 0 Å². The molecule has 0 aliphatic rings. The Morgan fingerprint density at radius 3 is 2.33 bits per heavy atom. The summed E-state index contributed by atoms with van der Waals surface area (Å²) < 4.78 is 24.6. The van der Waals surface area contributed by atoms with E-state index in [0.29, 0.717) is 69.2 Å². The maximum absolute atomic E-state index is 13.4. The molecule has 0 radical (unpaired) electrons. The van der Waals surface area contributed by atoms with Crippen LogP contribution in [0.3, 0.4) is 0 Å². The Morgan fingerprint density at radius 2 is 1.69 bits per heavy atom. The number of nitrogens with one attached hydrogen (secondary N) is 1. The third kappa shape index (κ3) is 3.89. The first kappa shape index (κ1) is 23.2. The van der Waals surface area contributed by atoms with Crippen molar-refractivity contribution in [3.8, 4) is 17.2 Å². The van der Waals surface area contributed by atoms with E-state index in [4.69, 9.17) is 28.9 Å². The summed E-state index contributed by atoms with van der Waals surface area (Å²) in [5.41, 5.74) is 3.24. The molecule has 11 heteroatoms. The smallest absolute Gasteiger partial charge is 0.322 e. The van der Waals surface area contributed by atoms with Crippen LogP contribution in [0.15, 0.2) is 52.6 Å². The summed E-state index contributed by atoms with van der Waals surface area (Å²) in [5.74, 6) is 1.48. The Kier molecular flexibility index (Phi) is 6.21. The molecule has 5 rings (SSSR count). The minimum atomic E-state index is -0.211. The number of fused-ring (bicyclic) bond motifs is 4. The van der Waals surface area contributed by atoms with Crippen molar-refractivity contribution in [2.24, 2.45) is 5.10 Å². The number of para-hydroxylation sites is 2. The van der Waals surface area contributed by atoms with E-state index in [1.165, 1.54) is 0 Å². The van der Waals surface area contributed by atoms with Gasteiger partial charge in [0.25, 0.3) is 5.65 Å². The molecule has 0 saturated heterocycles. The second kappa shape index (κ2) is 9.62. The lowest BCUT2D eigenvalue weighted by Gasteiger charge is -2.12. The van der Waals surface area contributed by atoms with Gasteiger partial charge in [-0.15, -0.1) is 9.78 Å². The fraction of sp³-hybridized carbons (Fsp3) is 0.240. The van der Waals surface area contributed by atoms with Crippen LogP contribution in [-0.2, 0) is 11.3 Å². The van der Waals surface area contributed by atoms with Crippen LogP contribution >= 0.6 is 0 Å². The molecule has 1 N–H and O–H groups in total. The van der Waals surface area contributed by atoms with Gasteiger partial charge in [0.05, 0.1) is 51.7 Å². The van der Waals surface area contributed by atoms with Crippen LogP contribution in [0.5, 0.6) is 17.2 Å². The molecule has 184 valence electrons. The van der Waals surface area contributed by atoms with Gasteiger partial charge in [-0.05, 0) is 24.3 Å². The molecule has 0 spiro atoms. The molecule has 0 amide bonds. The molecule has 0 fully saturated rings. The summed E-state index contributed by atoms with van der Waals surface area (Å²) in [6.45, 7) is 0.788. The number of hydrogen-bond acceptors (Lipinski definition) is 8. The Bertz CT molecular complexity index is 1650. The van der Waals surface area contributed by atoms with Gasteiger partial charge in [-0.3, -0.25) is 0 Å². The van der Waals surface area contributed by atoms with Crippen molar-refractivity contribution in [1.82, 2.24) is 19.2 Å². The molecule has 0 aliphatic heterocycles. The molecule has 0 unspecified atom stereocenters. The number of nitrogens with zero attached hydrogens (tertiary/aromatic N) is 5. The van der Waals surface area contributed by atoms with Crippen LogP contribution in [0, 0.1) is 0 Å². The van der Waals surface area contributed by atoms with Crippen molar-refractivity contribution in [2.45, 2.75) is 6.54 Å². The number of rotatable bonds is 8. The summed E-state index contributed by atoms with van der Waals surface area (Å²) in [7, 11) is 6.24. The lowest BCUT2D eigenvalue weighted by Crippen LogP contribution is -2.28. The molecule has 36 heavy (non-hydrogen) atoms. The van der Waals surface area contributed by atoms with Crippen LogP contribution in [0.1, 0.15) is 5.56 Å². The number of H-pyrrole nitrogens is 1. The van der Waals surface area contributed by atoms with Gasteiger partial charge in [0.1, 0.15) is 5.52 Å². The number of aromatic amines is 1. The molecule has 0 saturated carbocycles. The minimum absolute atomic E-state index is 0.211. The number of benzene rings is 2. The van der Waals surface area contributed by atoms with Crippen molar-refractivity contribution < 1.29 is 23.9 Å². The van der Waals surface area contributed by atoms with Gasteiger partial charge in [-0.2, -0.15) is 0 Å². The average molecular weight is 490 g/mol. The van der Waals surface area contributed by atoms with Crippen LogP contribution in [0.25, 0.3) is 33.2 Å². The predicted molar refractivity (Wildman–Crippen MR) is 134 cm³/mol. The van der Waals surface area contributed by atoms with E-state index in [1.807, 2.05) is 24.3 Å². The Labute approximate surface area is 205 Å². The number of methoxy groups -OCH3 is 4. The quantitative estimate of drug-likeness (QED) is 0.307. The highest BCUT2D eigenvalue weighted by Gasteiger charge is 2.24. The normalized spacial score (nSPS) is 11.7. The van der Waals surface area contributed by atoms with Crippen molar-refractivity contribution >= 4 is 39.4 Å². The molecule has 5 aromatic rings. The summed E-state index contributed by atoms with van der Waals surface area (Å²) in [4.78, 5) is 26.1. The van der Waals surface area contributed by atoms with E-state index < -0.39 is 0 Å². The molecule has 0 atom stereocenters. The second-order valence-corrected chi connectivity index (χ2v) is 7.89. The molecule has 3 aromatic heterocycles. The van der Waals surface area contributed by atoms with E-state index in [9.17, 15) is 4.79 Å². The van der Waals surface area contributed by atoms with E-state index >= 15 is 0 Å². The molecule has 3 heterocycles. The highest BCUT2D eigenvalue weighted by Crippen LogP contribution is 2.37. The Hall–Kier alpha value is -4.51. The first-order valence-electron chi connectivity index (χ1n) is 11.1. The first-order valence-corrected chi connectivity index (χ1v) is 11.1. The minimum Gasteiger partial charge on any atom is -0.493 e. The first-order chi connectivity index (χ1) is 17.6. The van der Waals surface area contributed by atoms with Crippen molar-refractivity contribution in [3.05, 3.63) is 58.6 Å². The Morgan fingerprint density at radius 1 is 1.00 bits per heavy atom. The lowest BCUT2D eigenvalue weighted by molar-refractivity contribution is -0.357. The molecule has 0 aliphatic carbocycles. The second-order valence-electron chi connectivity index (χ2n) is 7.89. The summed E-state index contributed by atoms with van der Waals surface area (Å²) in [5, 5.41) is 5.06. The van der Waals surface area contributed by atoms with Gasteiger partial charge < -0.3 is 18.9 Å². The van der Waals surface area contributed by atoms with Crippen molar-refractivity contribution in [3.63, 3.8) is 0 Å². The zero-order valence-electron chi connectivity index (χ0n) is 20.3. The van der Waals surface area contributed by atoms with Gasteiger partial charge in [0, 0.05) is 12.7 Å². The number of hydrogen-bond donors (Lipinski definition) is 0. The Balaban J connectivity index is 1.75. The van der Waals surface area contributed by atoms with Crippen molar-refractivity contribution in [2.75, 3.05) is 35.0 Å². The molecule has 0 bridgehead atoms. The van der Waals surface area contributed by atoms with Gasteiger partial charge >= 0.3 is 5.56 Å². The highest BCUT2D eigenvalue weighted by atomic mass is 16.5. The summed E-state index contributed by atoms with van der Waals surface area (Å²) in [6.07, 6.45) is 3.23. The van der Waals surface area contributed by atoms with E-state index in [1.54, 1.807) is 62.4 Å². The van der Waals surface area contributed by atoms with Gasteiger partial charge in [0.2, 0.25) is 11.4 Å². The standard InChI is InChI=1S/C25H24N6O5/c1-33-10-9-30-14-26-23-20(25(30)32)21-24(29-17-8-6-5-7-16(17)28-21)31(23)27-13-15-11-18(34-2)22(36-4)19(12-15)35-3/h5-8,11-14H,9-10H2,1-4H3/p+1. The van der Waals surface area contributed by atoms with Crippen LogP contribution < -0.4 is 24.8 Å². The summed E-state index contributed by atoms with van der Waals surface area (Å²) >= 11 is 0. The highest BCUT2D eigenvalue weighted by molar-refractivity contribution is 6.03. The molecule has 11 nitrogen and oxygen atoms in total. The monoisotopic (exact) mass is 489 g/mol. The third-order valence-electron chi connectivity index (χ3n) is 5.82. The zero-order chi connectivity index (χ0) is 25.2. The SMILES string of the molecule is COCCn1c[nH+]c2c(c1=O)c1nc3ccccc3nc1n2N=Cc1cc(OC)c(OC)c(OC)c1. The van der Waals surface area contributed by atoms with Gasteiger partial charge in [0.15, 0.2) is 23.2 Å². The van der Waals surface area contributed by atoms with Crippen LogP contribution in [0.4, 0.5) is 0 Å². The zero-order valence-corrected chi connectivity index (χ0v) is 20.3. The maximum Gasteiger partial charge on any atom is 0.322 e. The van der Waals surface area contributed by atoms with E-state index in [2.05, 4.69) is 10.1 Å². The third-order valence-corrected chi connectivity index (χ3v) is 5.82. The molecule has 2 aromatic carbocycles. The molecular formula is C25H25N6O5+. The maximum atomic E-state index is 13.4. The lowest BCUT2D eigenvalue weighted by atomic mass is 10.2. The van der Waals surface area contributed by atoms with Gasteiger partial charge in [-0.1, -0.05) is 12.1 Å². The number of ether oxygens (including phenoxy) is 4. The van der Waals surface area contributed by atoms with E-state index in [-0.39, 0.29) is 5.56 Å². The van der Waals surface area contributed by atoms with Crippen LogP contribution in [0.2, 0.25) is 0 Å². The number of aromatic nitrogens is 5. The molecular weight excluding hydrogens is 464 g/mol. The fourth-order valence-corrected chi connectivity index (χ4v) is 4.08. The summed E-state index contributed by atoms with van der Waals surface area (Å²) in [6, 6.07) is 11.1. The van der Waals surface area contributed by atoms with Crippen molar-refractivity contribution in [1.29, 1.82) is 0 Å². The average Bonchev–Trinajstić information content (AvgIpc) is 3.22. The fourth-order valence-electron chi connectivity index (χ4n) is 4.08. The largest absolute Gasteiger partial charge is 0.493 e. The predicted octanol–water partition coefficient (Wildman–Crippen LogP) is 2.27.